The van der Waals surface area contributed by atoms with Gasteiger partial charge in [-0.15, -0.1) is 5.10 Å². The number of nitrogens with two attached hydrogens (primary N) is 1. The number of carbonyl (C=O) groups excluding carboxylic acids is 1. The van der Waals surface area contributed by atoms with Crippen molar-refractivity contribution in [3.8, 4) is 0 Å². The zero-order chi connectivity index (χ0) is 9.14. The van der Waals surface area contributed by atoms with Crippen LogP contribution < -0.4 is 5.73 Å². The normalized spacial score (nSPS) is 10.6. The number of hydrogen-bond donors (Lipinski definition) is 1. The van der Waals surface area contributed by atoms with E-state index in [2.05, 4.69) is 10.2 Å². The van der Waals surface area contributed by atoms with E-state index in [1.165, 1.54) is 0 Å². The van der Waals surface area contributed by atoms with Crippen molar-refractivity contribution in [3.05, 3.63) is 11.9 Å². The predicted octanol–water partition coefficient (Wildman–Crippen LogP) is -0.358. The minimum Gasteiger partial charge on any atom is -0.364 e. The Hall–Kier alpha value is -1.53. The highest BCUT2D eigenvalue weighted by Crippen LogP contribution is 1.96. The van der Waals surface area contributed by atoms with Crippen LogP contribution in [0, 0.1) is 0 Å². The second kappa shape index (κ2) is 3.24. The lowest BCUT2D eigenvalue weighted by Gasteiger charge is -1.95. The van der Waals surface area contributed by atoms with E-state index in [-0.39, 0.29) is 5.69 Å². The molecular formula is C5H6F2N4O. The van der Waals surface area contributed by atoms with E-state index >= 15 is 0 Å². The molecule has 0 fully saturated rings. The molecular weight excluding hydrogens is 170 g/mol. The van der Waals surface area contributed by atoms with E-state index in [0.29, 0.717) is 0 Å². The van der Waals surface area contributed by atoms with Crippen molar-refractivity contribution in [1.29, 1.82) is 0 Å². The standard InChI is InChI=1S/C5H6F2N4O/c6-4(7)2-11-9-1-3(10-11)5(8)12/h1,4H,2H2,(H2,8,12). The van der Waals surface area contributed by atoms with Crippen molar-refractivity contribution in [1.82, 2.24) is 15.0 Å². The van der Waals surface area contributed by atoms with Crippen molar-refractivity contribution in [2.45, 2.75) is 13.0 Å². The zero-order valence-corrected chi connectivity index (χ0v) is 5.94. The molecule has 12 heavy (non-hydrogen) atoms. The first-order valence-corrected chi connectivity index (χ1v) is 3.07. The molecule has 0 spiro atoms. The summed E-state index contributed by atoms with van der Waals surface area (Å²) in [5.41, 5.74) is 4.70. The summed E-state index contributed by atoms with van der Waals surface area (Å²) in [4.78, 5) is 11.1. The number of nitrogens with zero attached hydrogens (tertiary/aromatic N) is 3. The highest BCUT2D eigenvalue weighted by molar-refractivity contribution is 5.90. The largest absolute Gasteiger partial charge is 0.364 e. The van der Waals surface area contributed by atoms with Crippen LogP contribution in [-0.4, -0.2) is 27.3 Å². The molecule has 1 aromatic heterocycles. The molecule has 0 radical (unpaired) electrons. The van der Waals surface area contributed by atoms with Crippen LogP contribution >= 0.6 is 0 Å². The summed E-state index contributed by atoms with van der Waals surface area (Å²) in [6, 6.07) is 0. The molecule has 7 heteroatoms. The summed E-state index contributed by atoms with van der Waals surface area (Å²) in [5, 5.41) is 6.80. The lowest BCUT2D eigenvalue weighted by molar-refractivity contribution is 0.0987. The van der Waals surface area contributed by atoms with Gasteiger partial charge in [-0.25, -0.2) is 8.78 Å². The van der Waals surface area contributed by atoms with Crippen LogP contribution in [-0.2, 0) is 6.54 Å². The predicted molar refractivity (Wildman–Crippen MR) is 34.5 cm³/mol. The molecule has 0 saturated heterocycles. The molecule has 1 rings (SSSR count). The van der Waals surface area contributed by atoms with E-state index in [1.807, 2.05) is 0 Å². The Balaban J connectivity index is 2.71. The Morgan fingerprint density at radius 3 is 2.83 bits per heavy atom. The fourth-order valence-electron chi connectivity index (χ4n) is 0.622. The lowest BCUT2D eigenvalue weighted by atomic mass is 10.5. The van der Waals surface area contributed by atoms with Gasteiger partial charge >= 0.3 is 0 Å². The first-order valence-electron chi connectivity index (χ1n) is 3.07. The number of alkyl halides is 2. The summed E-state index contributed by atoms with van der Waals surface area (Å²) in [6.07, 6.45) is -1.50. The Kier molecular flexibility index (Phi) is 2.32. The zero-order valence-electron chi connectivity index (χ0n) is 5.94. The van der Waals surface area contributed by atoms with Crippen LogP contribution in [0.5, 0.6) is 0 Å². The number of aromatic nitrogens is 3. The van der Waals surface area contributed by atoms with Gasteiger partial charge in [0.15, 0.2) is 5.69 Å². The second-order valence-electron chi connectivity index (χ2n) is 2.04. The molecule has 0 atom stereocenters. The molecule has 5 nitrogen and oxygen atoms in total. The average Bonchev–Trinajstić information content (AvgIpc) is 2.34. The van der Waals surface area contributed by atoms with Crippen LogP contribution in [0.25, 0.3) is 0 Å². The van der Waals surface area contributed by atoms with Crippen LogP contribution in [0.3, 0.4) is 0 Å². The summed E-state index contributed by atoms with van der Waals surface area (Å²) in [5.74, 6) is -0.782. The van der Waals surface area contributed by atoms with Gasteiger partial charge in [-0.1, -0.05) is 0 Å². The third-order valence-electron chi connectivity index (χ3n) is 1.09. The minimum atomic E-state index is -2.54. The summed E-state index contributed by atoms with van der Waals surface area (Å²) in [6.45, 7) is -0.632. The Morgan fingerprint density at radius 2 is 2.42 bits per heavy atom. The van der Waals surface area contributed by atoms with Crippen molar-refractivity contribution in [3.63, 3.8) is 0 Å². The topological polar surface area (TPSA) is 73.8 Å². The van der Waals surface area contributed by atoms with Gasteiger partial charge in [0.05, 0.1) is 6.20 Å². The van der Waals surface area contributed by atoms with E-state index in [9.17, 15) is 13.6 Å². The Bertz CT molecular complexity index is 285. The molecule has 66 valence electrons. The van der Waals surface area contributed by atoms with Crippen molar-refractivity contribution < 1.29 is 13.6 Å². The van der Waals surface area contributed by atoms with Gasteiger partial charge < -0.3 is 5.73 Å². The maximum absolute atomic E-state index is 11.7. The van der Waals surface area contributed by atoms with E-state index in [4.69, 9.17) is 5.73 Å². The molecule has 1 heterocycles. The van der Waals surface area contributed by atoms with Gasteiger partial charge in [0.25, 0.3) is 12.3 Å². The third-order valence-corrected chi connectivity index (χ3v) is 1.09. The number of halogens is 2. The number of amides is 1. The fourth-order valence-corrected chi connectivity index (χ4v) is 0.622. The van der Waals surface area contributed by atoms with Crippen molar-refractivity contribution >= 4 is 5.91 Å². The average molecular weight is 176 g/mol. The monoisotopic (exact) mass is 176 g/mol. The lowest BCUT2D eigenvalue weighted by Crippen LogP contribution is -2.14. The summed E-state index contributed by atoms with van der Waals surface area (Å²) < 4.78 is 23.4. The van der Waals surface area contributed by atoms with Gasteiger partial charge in [0, 0.05) is 0 Å². The second-order valence-corrected chi connectivity index (χ2v) is 2.04. The first-order chi connectivity index (χ1) is 5.59. The van der Waals surface area contributed by atoms with Gasteiger partial charge in [-0.2, -0.15) is 9.90 Å². The first kappa shape index (κ1) is 8.57. The van der Waals surface area contributed by atoms with Gasteiger partial charge in [0.1, 0.15) is 6.54 Å². The molecule has 0 aliphatic heterocycles. The smallest absolute Gasteiger partial charge is 0.270 e. The molecule has 2 N–H and O–H groups in total. The SMILES string of the molecule is NC(=O)c1cnn(CC(F)F)n1. The van der Waals surface area contributed by atoms with E-state index in [0.717, 1.165) is 11.0 Å². The number of carbonyl (C=O) groups is 1. The molecule has 0 aliphatic rings. The van der Waals surface area contributed by atoms with Crippen LogP contribution in [0.2, 0.25) is 0 Å². The van der Waals surface area contributed by atoms with Crippen LogP contribution in [0.1, 0.15) is 10.5 Å². The maximum atomic E-state index is 11.7. The van der Waals surface area contributed by atoms with Crippen LogP contribution in [0.15, 0.2) is 6.20 Å². The summed E-state index contributed by atoms with van der Waals surface area (Å²) in [7, 11) is 0. The van der Waals surface area contributed by atoms with Gasteiger partial charge in [-0.3, -0.25) is 4.79 Å². The van der Waals surface area contributed by atoms with Crippen molar-refractivity contribution in [2.75, 3.05) is 0 Å². The van der Waals surface area contributed by atoms with Gasteiger partial charge in [0.2, 0.25) is 0 Å². The Morgan fingerprint density at radius 1 is 1.75 bits per heavy atom. The molecule has 0 unspecified atom stereocenters. The van der Waals surface area contributed by atoms with Crippen molar-refractivity contribution in [2.24, 2.45) is 5.73 Å². The van der Waals surface area contributed by atoms with E-state index < -0.39 is 18.9 Å². The quantitative estimate of drug-likeness (QED) is 0.683. The number of primary amides is 1. The molecule has 1 aromatic rings. The number of rotatable bonds is 3. The van der Waals surface area contributed by atoms with E-state index in [1.54, 1.807) is 0 Å². The third kappa shape index (κ3) is 1.97. The number of hydrogen-bond acceptors (Lipinski definition) is 3. The van der Waals surface area contributed by atoms with Crippen LogP contribution in [0.4, 0.5) is 8.78 Å². The molecule has 0 aliphatic carbocycles. The minimum absolute atomic E-state index is 0.115. The Labute approximate surface area is 66.2 Å². The molecule has 0 saturated carbocycles. The highest BCUT2D eigenvalue weighted by atomic mass is 19.3. The molecule has 1 amide bonds. The highest BCUT2D eigenvalue weighted by Gasteiger charge is 2.09. The molecule has 0 aromatic carbocycles. The maximum Gasteiger partial charge on any atom is 0.270 e. The van der Waals surface area contributed by atoms with Gasteiger partial charge in [-0.05, 0) is 0 Å². The summed E-state index contributed by atoms with van der Waals surface area (Å²) >= 11 is 0. The molecule has 0 bridgehead atoms. The fraction of sp³-hybridized carbons (Fsp3) is 0.400.